The first-order valence-electron chi connectivity index (χ1n) is 7.79. The van der Waals surface area contributed by atoms with Crippen LogP contribution in [0.3, 0.4) is 0 Å². The van der Waals surface area contributed by atoms with Gasteiger partial charge in [-0.3, -0.25) is 10.1 Å². The Hall–Kier alpha value is -2.84. The molecule has 0 saturated heterocycles. The minimum absolute atomic E-state index is 0.0832. The number of thioether (sulfide) groups is 1. The summed E-state index contributed by atoms with van der Waals surface area (Å²) in [6.07, 6.45) is 0. The van der Waals surface area contributed by atoms with Crippen LogP contribution in [0.1, 0.15) is 16.1 Å². The van der Waals surface area contributed by atoms with E-state index >= 15 is 0 Å². The predicted molar refractivity (Wildman–Crippen MR) is 104 cm³/mol. The van der Waals surface area contributed by atoms with E-state index < -0.39 is 5.91 Å². The Morgan fingerprint density at radius 3 is 2.69 bits per heavy atom. The standard InChI is InChI=1S/C18H14N4O2S2/c19-14-12-8-4-5-9-13(12)24-15(14)16(23)20-17-21-22-18(26-17)25-10-11-6-2-1-3-7-11/h1-9H,10,19H2,(H,20,21,23). The summed E-state index contributed by atoms with van der Waals surface area (Å²) in [4.78, 5) is 12.4. The molecule has 130 valence electrons. The highest BCUT2D eigenvalue weighted by Crippen LogP contribution is 2.31. The molecular formula is C18H14N4O2S2. The van der Waals surface area contributed by atoms with Crippen LogP contribution in [0.15, 0.2) is 63.4 Å². The van der Waals surface area contributed by atoms with Crippen molar-refractivity contribution in [3.63, 3.8) is 0 Å². The molecule has 8 heteroatoms. The van der Waals surface area contributed by atoms with Crippen molar-refractivity contribution in [2.24, 2.45) is 0 Å². The van der Waals surface area contributed by atoms with E-state index in [1.807, 2.05) is 36.4 Å². The van der Waals surface area contributed by atoms with Crippen LogP contribution in [0.4, 0.5) is 10.8 Å². The third-order valence-corrected chi connectivity index (χ3v) is 5.72. The zero-order valence-electron chi connectivity index (χ0n) is 13.5. The molecule has 4 rings (SSSR count). The number of nitrogen functional groups attached to an aromatic ring is 1. The van der Waals surface area contributed by atoms with Crippen LogP contribution in [-0.4, -0.2) is 16.1 Å². The quantitative estimate of drug-likeness (QED) is 0.392. The predicted octanol–water partition coefficient (Wildman–Crippen LogP) is 4.41. The lowest BCUT2D eigenvalue weighted by Crippen LogP contribution is -2.12. The van der Waals surface area contributed by atoms with Gasteiger partial charge in [0.05, 0.1) is 5.69 Å². The average Bonchev–Trinajstić information content (AvgIpc) is 3.25. The molecule has 0 radical (unpaired) electrons. The summed E-state index contributed by atoms with van der Waals surface area (Å²) in [6, 6.07) is 17.3. The summed E-state index contributed by atoms with van der Waals surface area (Å²) in [5, 5.41) is 11.9. The minimum Gasteiger partial charge on any atom is -0.449 e. The van der Waals surface area contributed by atoms with E-state index in [1.165, 1.54) is 16.9 Å². The number of carbonyl (C=O) groups is 1. The van der Waals surface area contributed by atoms with Crippen molar-refractivity contribution < 1.29 is 9.21 Å². The molecule has 26 heavy (non-hydrogen) atoms. The molecule has 4 aromatic rings. The number of fused-ring (bicyclic) bond motifs is 1. The van der Waals surface area contributed by atoms with E-state index in [0.717, 1.165) is 10.1 Å². The Bertz CT molecular complexity index is 1060. The van der Waals surface area contributed by atoms with Crippen LogP contribution >= 0.6 is 23.1 Å². The van der Waals surface area contributed by atoms with Gasteiger partial charge in [-0.2, -0.15) is 0 Å². The molecule has 0 aliphatic carbocycles. The maximum atomic E-state index is 12.4. The maximum Gasteiger partial charge on any atom is 0.295 e. The monoisotopic (exact) mass is 382 g/mol. The largest absolute Gasteiger partial charge is 0.449 e. The van der Waals surface area contributed by atoms with Crippen LogP contribution in [0.2, 0.25) is 0 Å². The Balaban J connectivity index is 1.44. The molecule has 0 bridgehead atoms. The van der Waals surface area contributed by atoms with Gasteiger partial charge in [-0.25, -0.2) is 0 Å². The molecule has 6 nitrogen and oxygen atoms in total. The summed E-state index contributed by atoms with van der Waals surface area (Å²) in [6.45, 7) is 0. The van der Waals surface area contributed by atoms with Crippen molar-refractivity contribution in [3.8, 4) is 0 Å². The van der Waals surface area contributed by atoms with Gasteiger partial charge in [0.2, 0.25) is 10.9 Å². The first kappa shape index (κ1) is 16.6. The van der Waals surface area contributed by atoms with Crippen LogP contribution in [0.5, 0.6) is 0 Å². The third kappa shape index (κ3) is 3.42. The number of para-hydroxylation sites is 1. The topological polar surface area (TPSA) is 94.0 Å². The lowest BCUT2D eigenvalue weighted by molar-refractivity contribution is 0.0999. The number of rotatable bonds is 5. The number of carbonyl (C=O) groups excluding carboxylic acids is 1. The van der Waals surface area contributed by atoms with Crippen LogP contribution < -0.4 is 11.1 Å². The smallest absolute Gasteiger partial charge is 0.295 e. The van der Waals surface area contributed by atoms with Gasteiger partial charge >= 0.3 is 0 Å². The van der Waals surface area contributed by atoms with Crippen LogP contribution in [0.25, 0.3) is 11.0 Å². The van der Waals surface area contributed by atoms with Crippen LogP contribution in [-0.2, 0) is 5.75 Å². The van der Waals surface area contributed by atoms with E-state index in [1.54, 1.807) is 17.8 Å². The van der Waals surface area contributed by atoms with Crippen molar-refractivity contribution in [1.82, 2.24) is 10.2 Å². The second kappa shape index (κ2) is 7.19. The number of anilines is 2. The Morgan fingerprint density at radius 2 is 1.88 bits per heavy atom. The summed E-state index contributed by atoms with van der Waals surface area (Å²) in [5.74, 6) is 0.439. The molecule has 2 heterocycles. The fourth-order valence-corrected chi connectivity index (χ4v) is 4.13. The highest BCUT2D eigenvalue weighted by atomic mass is 32.2. The number of nitrogens with one attached hydrogen (secondary N) is 1. The lowest BCUT2D eigenvalue weighted by atomic mass is 10.2. The lowest BCUT2D eigenvalue weighted by Gasteiger charge is -1.98. The van der Waals surface area contributed by atoms with Crippen molar-refractivity contribution in [3.05, 3.63) is 65.9 Å². The fourth-order valence-electron chi connectivity index (χ4n) is 2.43. The summed E-state index contributed by atoms with van der Waals surface area (Å²) < 4.78 is 6.34. The van der Waals surface area contributed by atoms with Crippen molar-refractivity contribution >= 4 is 50.8 Å². The van der Waals surface area contributed by atoms with Gasteiger partial charge < -0.3 is 10.2 Å². The van der Waals surface area contributed by atoms with Crippen LogP contribution in [0, 0.1) is 0 Å². The number of hydrogen-bond donors (Lipinski definition) is 2. The first-order chi connectivity index (χ1) is 12.7. The molecule has 0 fully saturated rings. The number of nitrogens with two attached hydrogens (primary N) is 1. The average molecular weight is 382 g/mol. The second-order valence-electron chi connectivity index (χ2n) is 5.44. The number of benzene rings is 2. The molecule has 1 amide bonds. The molecule has 0 atom stereocenters. The van der Waals surface area contributed by atoms with E-state index in [9.17, 15) is 4.79 Å². The first-order valence-corrected chi connectivity index (χ1v) is 9.59. The number of aromatic nitrogens is 2. The summed E-state index contributed by atoms with van der Waals surface area (Å²) in [5.41, 5.74) is 8.12. The molecule has 3 N–H and O–H groups in total. The molecule has 2 aromatic carbocycles. The SMILES string of the molecule is Nc1c(C(=O)Nc2nnc(SCc3ccccc3)s2)oc2ccccc12. The Kier molecular flexibility index (Phi) is 4.59. The summed E-state index contributed by atoms with van der Waals surface area (Å²) in [7, 11) is 0. The molecule has 2 aromatic heterocycles. The van der Waals surface area contributed by atoms with Gasteiger partial charge in [0, 0.05) is 11.1 Å². The minimum atomic E-state index is -0.436. The second-order valence-corrected chi connectivity index (χ2v) is 7.64. The Morgan fingerprint density at radius 1 is 1.12 bits per heavy atom. The molecule has 0 spiro atoms. The normalized spacial score (nSPS) is 10.9. The van der Waals surface area contributed by atoms with Crippen molar-refractivity contribution in [2.45, 2.75) is 10.1 Å². The molecule has 0 saturated carbocycles. The molecular weight excluding hydrogens is 368 g/mol. The number of amides is 1. The maximum absolute atomic E-state index is 12.4. The highest BCUT2D eigenvalue weighted by molar-refractivity contribution is 8.00. The third-order valence-electron chi connectivity index (χ3n) is 3.67. The van der Waals surface area contributed by atoms with Gasteiger partial charge in [0.15, 0.2) is 4.34 Å². The van der Waals surface area contributed by atoms with Gasteiger partial charge in [0.25, 0.3) is 5.91 Å². The van der Waals surface area contributed by atoms with Gasteiger partial charge in [-0.15, -0.1) is 10.2 Å². The summed E-state index contributed by atoms with van der Waals surface area (Å²) >= 11 is 2.88. The van der Waals surface area contributed by atoms with Gasteiger partial charge in [0.1, 0.15) is 5.58 Å². The fraction of sp³-hybridized carbons (Fsp3) is 0.0556. The highest BCUT2D eigenvalue weighted by Gasteiger charge is 2.19. The van der Waals surface area contributed by atoms with Crippen molar-refractivity contribution in [2.75, 3.05) is 11.1 Å². The number of nitrogens with zero attached hydrogens (tertiary/aromatic N) is 2. The molecule has 0 aliphatic rings. The number of hydrogen-bond acceptors (Lipinski definition) is 7. The molecule has 0 unspecified atom stereocenters. The van der Waals surface area contributed by atoms with E-state index in [4.69, 9.17) is 10.2 Å². The van der Waals surface area contributed by atoms with Gasteiger partial charge in [-0.1, -0.05) is 65.6 Å². The van der Waals surface area contributed by atoms with E-state index in [2.05, 4.69) is 27.6 Å². The van der Waals surface area contributed by atoms with E-state index in [-0.39, 0.29) is 5.76 Å². The Labute approximate surface area is 157 Å². The number of furan rings is 1. The van der Waals surface area contributed by atoms with E-state index in [0.29, 0.717) is 21.8 Å². The molecule has 0 aliphatic heterocycles. The van der Waals surface area contributed by atoms with Crippen molar-refractivity contribution in [1.29, 1.82) is 0 Å². The zero-order valence-corrected chi connectivity index (χ0v) is 15.1. The van der Waals surface area contributed by atoms with Gasteiger partial charge in [-0.05, 0) is 17.7 Å². The zero-order chi connectivity index (χ0) is 17.9.